The lowest BCUT2D eigenvalue weighted by atomic mass is 10.1. The third-order valence-electron chi connectivity index (χ3n) is 3.38. The van der Waals surface area contributed by atoms with Gasteiger partial charge in [0.05, 0.1) is 5.56 Å². The molecule has 0 atom stereocenters. The van der Waals surface area contributed by atoms with Gasteiger partial charge in [0.25, 0.3) is 0 Å². The molecule has 1 aliphatic rings. The van der Waals surface area contributed by atoms with Crippen LogP contribution >= 0.6 is 15.9 Å². The molecule has 6 heteroatoms. The fraction of sp³-hybridized carbons (Fsp3) is 0.111. The maximum absolute atomic E-state index is 12.4. The van der Waals surface area contributed by atoms with Gasteiger partial charge in [0, 0.05) is 24.6 Å². The Morgan fingerprint density at radius 2 is 1.88 bits per heavy atom. The van der Waals surface area contributed by atoms with Crippen molar-refractivity contribution in [3.63, 3.8) is 0 Å². The van der Waals surface area contributed by atoms with Crippen LogP contribution in [0.15, 0.2) is 52.7 Å². The van der Waals surface area contributed by atoms with Crippen molar-refractivity contribution in [2.75, 3.05) is 14.1 Å². The molecule has 1 aliphatic heterocycles. The quantitative estimate of drug-likeness (QED) is 0.727. The number of Topliss-reactive ketones (excluding diaryl/α,β-unsaturated/α-hetero) is 1. The standard InChI is InChI=1S/C18H14BrNO4/c1-20(2)18(22)23-13-7-8-14-15(10-13)24-16(17(14)21)9-11-3-5-12(19)6-4-11/h3-10H,1-2H3/b16-9-. The average molecular weight is 388 g/mol. The number of carbonyl (C=O) groups is 2. The molecule has 1 amide bonds. The fourth-order valence-corrected chi connectivity index (χ4v) is 2.40. The summed E-state index contributed by atoms with van der Waals surface area (Å²) in [7, 11) is 3.18. The summed E-state index contributed by atoms with van der Waals surface area (Å²) < 4.78 is 11.8. The highest BCUT2D eigenvalue weighted by Crippen LogP contribution is 2.35. The summed E-state index contributed by atoms with van der Waals surface area (Å²) in [5.74, 6) is 0.749. The van der Waals surface area contributed by atoms with Crippen LogP contribution in [-0.4, -0.2) is 30.9 Å². The highest BCUT2D eigenvalue weighted by Gasteiger charge is 2.28. The van der Waals surface area contributed by atoms with Crippen LogP contribution in [-0.2, 0) is 0 Å². The molecule has 0 spiro atoms. The van der Waals surface area contributed by atoms with E-state index in [0.717, 1.165) is 10.0 Å². The summed E-state index contributed by atoms with van der Waals surface area (Å²) in [4.78, 5) is 25.3. The number of ether oxygens (including phenoxy) is 2. The second-order valence-electron chi connectivity index (χ2n) is 5.41. The van der Waals surface area contributed by atoms with Crippen LogP contribution in [0.1, 0.15) is 15.9 Å². The Kier molecular flexibility index (Phi) is 4.40. The van der Waals surface area contributed by atoms with E-state index in [0.29, 0.717) is 17.1 Å². The molecule has 0 aliphatic carbocycles. The summed E-state index contributed by atoms with van der Waals surface area (Å²) in [6.45, 7) is 0. The van der Waals surface area contributed by atoms with E-state index in [1.165, 1.54) is 11.0 Å². The largest absolute Gasteiger partial charge is 0.452 e. The molecule has 0 saturated carbocycles. The lowest BCUT2D eigenvalue weighted by Crippen LogP contribution is -2.25. The summed E-state index contributed by atoms with van der Waals surface area (Å²) in [6, 6.07) is 12.2. The molecule has 5 nitrogen and oxygen atoms in total. The van der Waals surface area contributed by atoms with Crippen molar-refractivity contribution in [2.45, 2.75) is 0 Å². The zero-order valence-corrected chi connectivity index (χ0v) is 14.7. The molecular formula is C18H14BrNO4. The number of amides is 1. The zero-order chi connectivity index (χ0) is 17.3. The van der Waals surface area contributed by atoms with Crippen LogP contribution in [0.4, 0.5) is 4.79 Å². The molecular weight excluding hydrogens is 374 g/mol. The van der Waals surface area contributed by atoms with E-state index in [1.807, 2.05) is 24.3 Å². The van der Waals surface area contributed by atoms with Gasteiger partial charge in [-0.05, 0) is 35.9 Å². The molecule has 122 valence electrons. The zero-order valence-electron chi connectivity index (χ0n) is 13.1. The van der Waals surface area contributed by atoms with Gasteiger partial charge < -0.3 is 14.4 Å². The second kappa shape index (κ2) is 6.49. The molecule has 0 fully saturated rings. The Labute approximate surface area is 147 Å². The predicted octanol–water partition coefficient (Wildman–Crippen LogP) is 4.13. The number of benzene rings is 2. The molecule has 0 aromatic heterocycles. The topological polar surface area (TPSA) is 55.8 Å². The first-order valence-corrected chi connectivity index (χ1v) is 7.96. The fourth-order valence-electron chi connectivity index (χ4n) is 2.13. The molecule has 0 unspecified atom stereocenters. The summed E-state index contributed by atoms with van der Waals surface area (Å²) in [5, 5.41) is 0. The molecule has 2 aromatic rings. The number of carbonyl (C=O) groups excluding carboxylic acids is 2. The number of fused-ring (bicyclic) bond motifs is 1. The van der Waals surface area contributed by atoms with Crippen LogP contribution in [0.3, 0.4) is 0 Å². The number of rotatable bonds is 2. The van der Waals surface area contributed by atoms with Gasteiger partial charge in [-0.25, -0.2) is 4.79 Å². The van der Waals surface area contributed by atoms with E-state index in [2.05, 4.69) is 15.9 Å². The molecule has 2 aromatic carbocycles. The van der Waals surface area contributed by atoms with Gasteiger partial charge in [-0.15, -0.1) is 0 Å². The first-order chi connectivity index (χ1) is 11.4. The van der Waals surface area contributed by atoms with E-state index in [9.17, 15) is 9.59 Å². The van der Waals surface area contributed by atoms with Crippen LogP contribution in [0.2, 0.25) is 0 Å². The minimum absolute atomic E-state index is 0.196. The SMILES string of the molecule is CN(C)C(=O)Oc1ccc2c(c1)O/C(=C\c1ccc(Br)cc1)C2=O. The van der Waals surface area contributed by atoms with Crippen LogP contribution in [0.5, 0.6) is 11.5 Å². The number of ketones is 1. The molecule has 24 heavy (non-hydrogen) atoms. The van der Waals surface area contributed by atoms with Crippen molar-refractivity contribution < 1.29 is 19.1 Å². The molecule has 0 bridgehead atoms. The van der Waals surface area contributed by atoms with Gasteiger partial charge >= 0.3 is 6.09 Å². The Morgan fingerprint density at radius 1 is 1.17 bits per heavy atom. The van der Waals surface area contributed by atoms with E-state index in [-0.39, 0.29) is 11.5 Å². The van der Waals surface area contributed by atoms with E-state index < -0.39 is 6.09 Å². The Bertz CT molecular complexity index is 841. The van der Waals surface area contributed by atoms with Crippen LogP contribution < -0.4 is 9.47 Å². The van der Waals surface area contributed by atoms with Gasteiger partial charge in [0.15, 0.2) is 5.76 Å². The van der Waals surface area contributed by atoms with Crippen molar-refractivity contribution in [2.24, 2.45) is 0 Å². The lowest BCUT2D eigenvalue weighted by Gasteiger charge is -2.10. The highest BCUT2D eigenvalue weighted by atomic mass is 79.9. The Morgan fingerprint density at radius 3 is 2.54 bits per heavy atom. The summed E-state index contributed by atoms with van der Waals surface area (Å²) in [6.07, 6.45) is 1.19. The smallest absolute Gasteiger partial charge is 0.414 e. The number of hydrogen-bond acceptors (Lipinski definition) is 4. The van der Waals surface area contributed by atoms with Gasteiger partial charge in [-0.3, -0.25) is 4.79 Å². The minimum atomic E-state index is -0.495. The van der Waals surface area contributed by atoms with Gasteiger partial charge in [0.2, 0.25) is 5.78 Å². The second-order valence-corrected chi connectivity index (χ2v) is 6.33. The van der Waals surface area contributed by atoms with Crippen molar-refractivity contribution in [1.82, 2.24) is 4.90 Å². The molecule has 0 N–H and O–H groups in total. The van der Waals surface area contributed by atoms with Crippen LogP contribution in [0, 0.1) is 0 Å². The van der Waals surface area contributed by atoms with Crippen molar-refractivity contribution in [3.05, 3.63) is 63.8 Å². The maximum atomic E-state index is 12.4. The predicted molar refractivity (Wildman–Crippen MR) is 93.2 cm³/mol. The van der Waals surface area contributed by atoms with E-state index in [1.54, 1.807) is 32.3 Å². The number of halogens is 1. The lowest BCUT2D eigenvalue weighted by molar-refractivity contribution is 0.101. The highest BCUT2D eigenvalue weighted by molar-refractivity contribution is 9.10. The number of hydrogen-bond donors (Lipinski definition) is 0. The third-order valence-corrected chi connectivity index (χ3v) is 3.91. The maximum Gasteiger partial charge on any atom is 0.414 e. The van der Waals surface area contributed by atoms with E-state index >= 15 is 0 Å². The van der Waals surface area contributed by atoms with Crippen molar-refractivity contribution in [1.29, 1.82) is 0 Å². The summed E-state index contributed by atoms with van der Waals surface area (Å²) >= 11 is 3.37. The third kappa shape index (κ3) is 3.33. The summed E-state index contributed by atoms with van der Waals surface area (Å²) in [5.41, 5.74) is 1.30. The van der Waals surface area contributed by atoms with E-state index in [4.69, 9.17) is 9.47 Å². The first-order valence-electron chi connectivity index (χ1n) is 7.17. The average Bonchev–Trinajstić information content (AvgIpc) is 2.85. The normalized spacial score (nSPS) is 14.3. The van der Waals surface area contributed by atoms with Crippen LogP contribution in [0.25, 0.3) is 6.08 Å². The Balaban J connectivity index is 1.84. The molecule has 3 rings (SSSR count). The van der Waals surface area contributed by atoms with Crippen molar-refractivity contribution >= 4 is 33.9 Å². The Hall–Kier alpha value is -2.60. The molecule has 1 heterocycles. The first kappa shape index (κ1) is 16.3. The van der Waals surface area contributed by atoms with Gasteiger partial charge in [-0.2, -0.15) is 0 Å². The monoisotopic (exact) mass is 387 g/mol. The number of nitrogens with zero attached hydrogens (tertiary/aromatic N) is 1. The molecule has 0 saturated heterocycles. The number of allylic oxidation sites excluding steroid dienone is 1. The minimum Gasteiger partial charge on any atom is -0.452 e. The van der Waals surface area contributed by atoms with Gasteiger partial charge in [0.1, 0.15) is 11.5 Å². The molecule has 0 radical (unpaired) electrons. The van der Waals surface area contributed by atoms with Crippen molar-refractivity contribution in [3.8, 4) is 11.5 Å². The van der Waals surface area contributed by atoms with Gasteiger partial charge in [-0.1, -0.05) is 28.1 Å².